The molecule has 348 valence electrons. The van der Waals surface area contributed by atoms with E-state index in [4.69, 9.17) is 24.3 Å². The number of phosphoric ester groups is 1. The summed E-state index contributed by atoms with van der Waals surface area (Å²) in [5.41, 5.74) is 5.35. The van der Waals surface area contributed by atoms with Crippen LogP contribution in [0.3, 0.4) is 0 Å². The maximum Gasteiger partial charge on any atom is 0.472 e. The second-order valence-corrected chi connectivity index (χ2v) is 16.7. The quantitative estimate of drug-likeness (QED) is 0.0266. The fourth-order valence-corrected chi connectivity index (χ4v) is 6.82. The van der Waals surface area contributed by atoms with Crippen molar-refractivity contribution in [1.29, 1.82) is 0 Å². The fourth-order valence-electron chi connectivity index (χ4n) is 6.05. The maximum absolute atomic E-state index is 12.6. The number of rotatable bonds is 43. The second kappa shape index (κ2) is 46.4. The molecule has 2 unspecified atom stereocenters. The Balaban J connectivity index is 4.07. The van der Waals surface area contributed by atoms with E-state index in [-0.39, 0.29) is 32.6 Å². The first-order valence-electron chi connectivity index (χ1n) is 23.7. The van der Waals surface area contributed by atoms with Crippen LogP contribution in [0.15, 0.2) is 97.2 Å². The third-order valence-electron chi connectivity index (χ3n) is 9.48. The van der Waals surface area contributed by atoms with Gasteiger partial charge < -0.3 is 20.1 Å². The highest BCUT2D eigenvalue weighted by Gasteiger charge is 2.25. The minimum absolute atomic E-state index is 0.0402. The van der Waals surface area contributed by atoms with Gasteiger partial charge in [-0.3, -0.25) is 18.6 Å². The molecule has 10 heteroatoms. The Kier molecular flexibility index (Phi) is 44.1. The molecule has 0 aromatic rings. The van der Waals surface area contributed by atoms with Crippen LogP contribution in [0.5, 0.6) is 0 Å². The van der Waals surface area contributed by atoms with Crippen molar-refractivity contribution in [3.05, 3.63) is 97.2 Å². The molecule has 9 nitrogen and oxygen atoms in total. The molecule has 0 radical (unpaired) electrons. The molecule has 0 fully saturated rings. The molecular weight excluding hydrogens is 786 g/mol. The minimum atomic E-state index is -4.40. The summed E-state index contributed by atoms with van der Waals surface area (Å²) in [5, 5.41) is 0. The molecule has 0 heterocycles. The first-order valence-corrected chi connectivity index (χ1v) is 25.2. The van der Waals surface area contributed by atoms with Crippen LogP contribution >= 0.6 is 7.82 Å². The van der Waals surface area contributed by atoms with Crippen molar-refractivity contribution in [3.8, 4) is 0 Å². The number of allylic oxidation sites excluding steroid dienone is 16. The molecule has 2 atom stereocenters. The molecule has 0 bridgehead atoms. The summed E-state index contributed by atoms with van der Waals surface area (Å²) < 4.78 is 32.7. The van der Waals surface area contributed by atoms with E-state index in [9.17, 15) is 19.0 Å². The number of ether oxygens (including phenoxy) is 2. The van der Waals surface area contributed by atoms with E-state index >= 15 is 0 Å². The second-order valence-electron chi connectivity index (χ2n) is 15.2. The molecular formula is C51H86NO8P. The molecule has 0 spiro atoms. The number of phosphoric acid groups is 1. The maximum atomic E-state index is 12.6. The third-order valence-corrected chi connectivity index (χ3v) is 10.5. The summed E-state index contributed by atoms with van der Waals surface area (Å²) in [6.45, 7) is 3.41. The molecule has 0 saturated carbocycles. The van der Waals surface area contributed by atoms with Crippen molar-refractivity contribution in [3.63, 3.8) is 0 Å². The lowest BCUT2D eigenvalue weighted by atomic mass is 10.0. The van der Waals surface area contributed by atoms with Gasteiger partial charge in [0.1, 0.15) is 6.61 Å². The van der Waals surface area contributed by atoms with E-state index in [1.54, 1.807) is 0 Å². The molecule has 0 saturated heterocycles. The number of nitrogens with two attached hydrogens (primary N) is 1. The Morgan fingerprint density at radius 2 is 0.885 bits per heavy atom. The van der Waals surface area contributed by atoms with Crippen LogP contribution in [0.4, 0.5) is 0 Å². The zero-order chi connectivity index (χ0) is 44.6. The van der Waals surface area contributed by atoms with Gasteiger partial charge in [0.05, 0.1) is 13.2 Å². The van der Waals surface area contributed by atoms with Gasteiger partial charge in [0.15, 0.2) is 6.10 Å². The lowest BCUT2D eigenvalue weighted by Crippen LogP contribution is -2.29. The fraction of sp³-hybridized carbons (Fsp3) is 0.647. The van der Waals surface area contributed by atoms with Crippen LogP contribution in [0.25, 0.3) is 0 Å². The van der Waals surface area contributed by atoms with E-state index in [1.165, 1.54) is 70.6 Å². The van der Waals surface area contributed by atoms with Crippen LogP contribution in [-0.2, 0) is 32.7 Å². The van der Waals surface area contributed by atoms with Gasteiger partial charge in [-0.25, -0.2) is 4.57 Å². The number of hydrogen-bond donors (Lipinski definition) is 2. The van der Waals surface area contributed by atoms with Crippen molar-refractivity contribution in [2.75, 3.05) is 26.4 Å². The molecule has 0 aliphatic rings. The first kappa shape index (κ1) is 57.9. The van der Waals surface area contributed by atoms with E-state index in [2.05, 4.69) is 98.9 Å². The van der Waals surface area contributed by atoms with E-state index in [0.29, 0.717) is 12.8 Å². The summed E-state index contributed by atoms with van der Waals surface area (Å²) in [4.78, 5) is 34.9. The molecule has 61 heavy (non-hydrogen) atoms. The smallest absolute Gasteiger partial charge is 0.462 e. The standard InChI is InChI=1S/C51H86NO8P/c1-3-5-7-9-11-13-15-17-18-19-20-21-22-23-24-25-26-27-28-29-30-32-34-36-38-40-42-44-51(54)60-49(48-59-61(55,56)58-46-45-52)47-57-50(53)43-41-39-37-35-33-31-16-14-12-10-8-6-4-2/h5-8,11-14,17-18,20-21,31,33,37,39,49H,3-4,9-10,15-16,19,22-30,32,34-36,38,40-48,52H2,1-2H3,(H,55,56)/b7-5-,8-6-,13-11-,14-12-,18-17-,21-20-,33-31-,39-37-. The summed E-state index contributed by atoms with van der Waals surface area (Å²) in [6.07, 6.45) is 60.4. The van der Waals surface area contributed by atoms with Gasteiger partial charge in [0.2, 0.25) is 0 Å². The molecule has 0 amide bonds. The van der Waals surface area contributed by atoms with Gasteiger partial charge >= 0.3 is 19.8 Å². The van der Waals surface area contributed by atoms with Gasteiger partial charge in [-0.15, -0.1) is 0 Å². The topological polar surface area (TPSA) is 134 Å². The van der Waals surface area contributed by atoms with Gasteiger partial charge in [0, 0.05) is 19.4 Å². The van der Waals surface area contributed by atoms with Crippen molar-refractivity contribution < 1.29 is 37.6 Å². The summed E-state index contributed by atoms with van der Waals surface area (Å²) in [7, 11) is -4.40. The van der Waals surface area contributed by atoms with Crippen LogP contribution < -0.4 is 5.73 Å². The normalized spacial score (nSPS) is 14.1. The van der Waals surface area contributed by atoms with Crippen molar-refractivity contribution >= 4 is 19.8 Å². The van der Waals surface area contributed by atoms with Crippen LogP contribution in [0.1, 0.15) is 181 Å². The summed E-state index contributed by atoms with van der Waals surface area (Å²) in [6, 6.07) is 0. The van der Waals surface area contributed by atoms with Gasteiger partial charge in [-0.2, -0.15) is 0 Å². The third kappa shape index (κ3) is 46.3. The number of hydrogen-bond acceptors (Lipinski definition) is 8. The number of esters is 2. The van der Waals surface area contributed by atoms with Gasteiger partial charge in [0.25, 0.3) is 0 Å². The zero-order valence-corrected chi connectivity index (χ0v) is 39.3. The SMILES string of the molecule is CC/C=C\C/C=C\C/C=C\C/C=C\CCCCCCCCCCCCCCCCC(=O)OC(COC(=O)CC/C=C\C/C=C\C/C=C\C/C=C\CC)COP(=O)(O)OCCN. The van der Waals surface area contributed by atoms with Crippen LogP contribution in [0, 0.1) is 0 Å². The Morgan fingerprint density at radius 1 is 0.492 bits per heavy atom. The Morgan fingerprint density at radius 3 is 1.33 bits per heavy atom. The van der Waals surface area contributed by atoms with Crippen LogP contribution in [-0.4, -0.2) is 49.3 Å². The average molecular weight is 872 g/mol. The Labute approximate surface area is 372 Å². The predicted octanol–water partition coefficient (Wildman–Crippen LogP) is 14.2. The number of carbonyl (C=O) groups is 2. The zero-order valence-electron chi connectivity index (χ0n) is 38.4. The lowest BCUT2D eigenvalue weighted by molar-refractivity contribution is -0.161. The summed E-state index contributed by atoms with van der Waals surface area (Å²) >= 11 is 0. The molecule has 0 aliphatic heterocycles. The summed E-state index contributed by atoms with van der Waals surface area (Å²) in [5.74, 6) is -0.930. The molecule has 0 rings (SSSR count). The van der Waals surface area contributed by atoms with Crippen molar-refractivity contribution in [1.82, 2.24) is 0 Å². The Bertz CT molecular complexity index is 1320. The highest BCUT2D eigenvalue weighted by Crippen LogP contribution is 2.43. The van der Waals surface area contributed by atoms with Gasteiger partial charge in [-0.05, 0) is 77.0 Å². The molecule has 0 aromatic heterocycles. The molecule has 0 aliphatic carbocycles. The lowest BCUT2D eigenvalue weighted by Gasteiger charge is -2.19. The minimum Gasteiger partial charge on any atom is -0.462 e. The highest BCUT2D eigenvalue weighted by molar-refractivity contribution is 7.47. The largest absolute Gasteiger partial charge is 0.472 e. The van der Waals surface area contributed by atoms with Crippen molar-refractivity contribution in [2.24, 2.45) is 5.73 Å². The van der Waals surface area contributed by atoms with Crippen LogP contribution in [0.2, 0.25) is 0 Å². The molecule has 3 N–H and O–H groups in total. The van der Waals surface area contributed by atoms with E-state index in [1.807, 2.05) is 12.2 Å². The van der Waals surface area contributed by atoms with Gasteiger partial charge in [-0.1, -0.05) is 188 Å². The Hall–Kier alpha value is -3.07. The van der Waals surface area contributed by atoms with E-state index in [0.717, 1.165) is 70.6 Å². The monoisotopic (exact) mass is 872 g/mol. The highest BCUT2D eigenvalue weighted by atomic mass is 31.2. The molecule has 0 aromatic carbocycles. The van der Waals surface area contributed by atoms with E-state index < -0.39 is 32.5 Å². The predicted molar refractivity (Wildman–Crippen MR) is 256 cm³/mol. The first-order chi connectivity index (χ1) is 29.8. The number of unbranched alkanes of at least 4 members (excludes halogenated alkanes) is 14. The number of carbonyl (C=O) groups excluding carboxylic acids is 2. The average Bonchev–Trinajstić information content (AvgIpc) is 3.25. The van der Waals surface area contributed by atoms with Crippen molar-refractivity contribution in [2.45, 2.75) is 187 Å².